The molecule has 0 bridgehead atoms. The number of alkyl halides is 3. The van der Waals surface area contributed by atoms with E-state index in [1.54, 1.807) is 5.32 Å². The van der Waals surface area contributed by atoms with Crippen LogP contribution in [0.5, 0.6) is 0 Å². The smallest absolute Gasteiger partial charge is 0.408 e. The summed E-state index contributed by atoms with van der Waals surface area (Å²) in [5.41, 5.74) is -1.66. The molecule has 1 aromatic carbocycles. The van der Waals surface area contributed by atoms with E-state index in [2.05, 4.69) is 31.5 Å². The van der Waals surface area contributed by atoms with Gasteiger partial charge in [-0.2, -0.15) is 18.3 Å². The van der Waals surface area contributed by atoms with E-state index in [9.17, 15) is 31.5 Å². The summed E-state index contributed by atoms with van der Waals surface area (Å²) in [5, 5.41) is 19.5. The lowest BCUT2D eigenvalue weighted by Gasteiger charge is -2.16. The third-order valence-electron chi connectivity index (χ3n) is 3.76. The summed E-state index contributed by atoms with van der Waals surface area (Å²) in [5.74, 6) is -4.60. The summed E-state index contributed by atoms with van der Waals surface area (Å²) in [7, 11) is 1.26. The fourth-order valence-corrected chi connectivity index (χ4v) is 2.91. The lowest BCUT2D eigenvalue weighted by molar-refractivity contribution is -0.156. The maximum Gasteiger partial charge on any atom is 0.408 e. The van der Waals surface area contributed by atoms with Crippen molar-refractivity contribution < 1.29 is 36.7 Å². The Morgan fingerprint density at radius 1 is 1.27 bits per heavy atom. The molecule has 0 spiro atoms. The topological polar surface area (TPSA) is 109 Å². The van der Waals surface area contributed by atoms with Gasteiger partial charge in [0.25, 0.3) is 11.8 Å². The largest absolute Gasteiger partial charge is 0.410 e. The van der Waals surface area contributed by atoms with Crippen molar-refractivity contribution in [3.05, 3.63) is 45.7 Å². The van der Waals surface area contributed by atoms with E-state index in [0.717, 1.165) is 22.9 Å². The van der Waals surface area contributed by atoms with Crippen LogP contribution in [-0.4, -0.2) is 44.7 Å². The molecule has 1 heterocycles. The van der Waals surface area contributed by atoms with Gasteiger partial charge in [-0.05, 0) is 35.0 Å². The number of anilines is 1. The zero-order valence-corrected chi connectivity index (χ0v) is 16.8. The van der Waals surface area contributed by atoms with E-state index in [-0.39, 0.29) is 15.9 Å². The normalized spacial score (nSPS) is 13.1. The third-order valence-corrected chi connectivity index (χ3v) is 4.51. The predicted octanol–water partition coefficient (Wildman–Crippen LogP) is 2.96. The molecule has 0 saturated heterocycles. The van der Waals surface area contributed by atoms with E-state index in [4.69, 9.17) is 5.21 Å². The average molecular weight is 498 g/mol. The molecule has 1 aromatic heterocycles. The number of carbonyl (C=O) groups excluding carboxylic acids is 2. The molecule has 14 heteroatoms. The Balaban J connectivity index is 2.31. The number of carbonyl (C=O) groups is 2. The van der Waals surface area contributed by atoms with Gasteiger partial charge in [-0.3, -0.25) is 14.3 Å². The Labute approximate surface area is 173 Å². The summed E-state index contributed by atoms with van der Waals surface area (Å²) in [6, 6.07) is 0.358. The van der Waals surface area contributed by atoms with Crippen LogP contribution in [0.3, 0.4) is 0 Å². The standard InChI is InChI=1S/C16H13BrF5N5O3/c1-6(16(20,21)22)23-14(28)12(26-30)11-10(17)13(27(2)25-11)15(29)24-7-3-4-8(18)9(19)5-7/h3-6,30H,1-2H3,(H,23,28)(H,24,29)/b26-12+. The highest BCUT2D eigenvalue weighted by Gasteiger charge is 2.38. The number of aromatic nitrogens is 2. The van der Waals surface area contributed by atoms with E-state index >= 15 is 0 Å². The first-order chi connectivity index (χ1) is 13.9. The van der Waals surface area contributed by atoms with Crippen LogP contribution < -0.4 is 10.6 Å². The SMILES string of the molecule is CC(NC(=O)/C(=N/O)c1nn(C)c(C(=O)Nc2ccc(F)c(F)c2)c1Br)C(F)(F)F. The molecule has 8 nitrogen and oxygen atoms in total. The Hall–Kier alpha value is -3.03. The number of halogens is 6. The second kappa shape index (κ2) is 8.77. The van der Waals surface area contributed by atoms with Crippen molar-refractivity contribution in [1.82, 2.24) is 15.1 Å². The van der Waals surface area contributed by atoms with Gasteiger partial charge in [0.15, 0.2) is 17.3 Å². The number of benzene rings is 1. The Bertz CT molecular complexity index is 1020. The minimum atomic E-state index is -4.74. The van der Waals surface area contributed by atoms with E-state index in [1.165, 1.54) is 7.05 Å². The highest BCUT2D eigenvalue weighted by atomic mass is 79.9. The minimum Gasteiger partial charge on any atom is -0.410 e. The molecule has 1 atom stereocenters. The molecule has 0 aliphatic heterocycles. The lowest BCUT2D eigenvalue weighted by Crippen LogP contribution is -2.46. The van der Waals surface area contributed by atoms with Crippen molar-refractivity contribution in [2.45, 2.75) is 19.1 Å². The summed E-state index contributed by atoms with van der Waals surface area (Å²) in [4.78, 5) is 24.6. The molecule has 0 fully saturated rings. The fourth-order valence-electron chi connectivity index (χ4n) is 2.21. The summed E-state index contributed by atoms with van der Waals surface area (Å²) in [6.45, 7) is 0.682. The molecule has 0 radical (unpaired) electrons. The van der Waals surface area contributed by atoms with Crippen LogP contribution in [0.4, 0.5) is 27.6 Å². The molecule has 3 N–H and O–H groups in total. The number of nitrogens with one attached hydrogen (secondary N) is 2. The first-order valence-corrected chi connectivity index (χ1v) is 8.75. The Kier molecular flexibility index (Phi) is 6.80. The third kappa shape index (κ3) is 4.93. The number of hydrogen-bond acceptors (Lipinski definition) is 5. The number of aryl methyl sites for hydroxylation is 1. The second-order valence-electron chi connectivity index (χ2n) is 5.90. The molecule has 162 valence electrons. The van der Waals surface area contributed by atoms with Gasteiger partial charge in [-0.1, -0.05) is 5.16 Å². The number of oxime groups is 1. The fraction of sp³-hybridized carbons (Fsp3) is 0.250. The van der Waals surface area contributed by atoms with Crippen LogP contribution in [0, 0.1) is 11.6 Å². The molecule has 2 amide bonds. The van der Waals surface area contributed by atoms with E-state index < -0.39 is 47.1 Å². The van der Waals surface area contributed by atoms with Crippen molar-refractivity contribution in [3.63, 3.8) is 0 Å². The molecule has 30 heavy (non-hydrogen) atoms. The second-order valence-corrected chi connectivity index (χ2v) is 6.70. The van der Waals surface area contributed by atoms with Crippen LogP contribution in [0.15, 0.2) is 27.8 Å². The number of rotatable bonds is 5. The van der Waals surface area contributed by atoms with Gasteiger partial charge < -0.3 is 15.8 Å². The molecule has 0 aliphatic carbocycles. The van der Waals surface area contributed by atoms with Crippen molar-refractivity contribution in [2.24, 2.45) is 12.2 Å². The number of nitrogens with zero attached hydrogens (tertiary/aromatic N) is 3. The number of hydrogen-bond donors (Lipinski definition) is 3. The van der Waals surface area contributed by atoms with Crippen molar-refractivity contribution in [1.29, 1.82) is 0 Å². The summed E-state index contributed by atoms with van der Waals surface area (Å²) >= 11 is 2.99. The van der Waals surface area contributed by atoms with Gasteiger partial charge in [0.2, 0.25) is 0 Å². The van der Waals surface area contributed by atoms with E-state index in [0.29, 0.717) is 6.92 Å². The monoisotopic (exact) mass is 497 g/mol. The number of amides is 2. The van der Waals surface area contributed by atoms with Crippen LogP contribution >= 0.6 is 15.9 Å². The quantitative estimate of drug-likeness (QED) is 0.255. The van der Waals surface area contributed by atoms with E-state index in [1.807, 2.05) is 0 Å². The average Bonchev–Trinajstić information content (AvgIpc) is 2.92. The predicted molar refractivity (Wildman–Crippen MR) is 97.2 cm³/mol. The van der Waals surface area contributed by atoms with Gasteiger partial charge in [0.05, 0.1) is 4.47 Å². The first kappa shape index (κ1) is 23.3. The van der Waals surface area contributed by atoms with Crippen LogP contribution in [0.25, 0.3) is 0 Å². The minimum absolute atomic E-state index is 0.0960. The van der Waals surface area contributed by atoms with Crippen LogP contribution in [0.2, 0.25) is 0 Å². The Morgan fingerprint density at radius 2 is 1.90 bits per heavy atom. The van der Waals surface area contributed by atoms with Gasteiger partial charge in [0.1, 0.15) is 17.4 Å². The molecule has 2 aromatic rings. The molecule has 0 aliphatic rings. The maximum absolute atomic E-state index is 13.3. The van der Waals surface area contributed by atoms with Crippen molar-refractivity contribution in [3.8, 4) is 0 Å². The first-order valence-electron chi connectivity index (χ1n) is 7.95. The summed E-state index contributed by atoms with van der Waals surface area (Å²) in [6.07, 6.45) is -4.74. The lowest BCUT2D eigenvalue weighted by atomic mass is 10.2. The molecule has 0 saturated carbocycles. The van der Waals surface area contributed by atoms with Crippen LogP contribution in [-0.2, 0) is 11.8 Å². The van der Waals surface area contributed by atoms with Crippen molar-refractivity contribution in [2.75, 3.05) is 5.32 Å². The highest BCUT2D eigenvalue weighted by molar-refractivity contribution is 9.10. The van der Waals surface area contributed by atoms with Crippen molar-refractivity contribution >= 4 is 39.1 Å². The zero-order valence-electron chi connectivity index (χ0n) is 15.2. The van der Waals surface area contributed by atoms with Gasteiger partial charge in [-0.25, -0.2) is 8.78 Å². The van der Waals surface area contributed by atoms with Gasteiger partial charge in [-0.15, -0.1) is 0 Å². The van der Waals surface area contributed by atoms with Gasteiger partial charge >= 0.3 is 6.18 Å². The molecular weight excluding hydrogens is 485 g/mol. The van der Waals surface area contributed by atoms with Gasteiger partial charge in [0, 0.05) is 18.8 Å². The molecule has 2 rings (SSSR count). The molecular formula is C16H13BrF5N5O3. The zero-order chi connectivity index (χ0) is 22.8. The molecule has 1 unspecified atom stereocenters. The summed E-state index contributed by atoms with van der Waals surface area (Å²) < 4.78 is 65.0. The maximum atomic E-state index is 13.3. The Morgan fingerprint density at radius 3 is 2.43 bits per heavy atom. The van der Waals surface area contributed by atoms with Crippen LogP contribution in [0.1, 0.15) is 23.1 Å². The highest BCUT2D eigenvalue weighted by Crippen LogP contribution is 2.24.